The summed E-state index contributed by atoms with van der Waals surface area (Å²) in [5.41, 5.74) is 1.01. The van der Waals surface area contributed by atoms with Crippen LogP contribution in [0.1, 0.15) is 12.0 Å². The van der Waals surface area contributed by atoms with Gasteiger partial charge in [0.05, 0.1) is 6.10 Å². The molecule has 3 unspecified atom stereocenters. The van der Waals surface area contributed by atoms with Gasteiger partial charge in [-0.15, -0.1) is 0 Å². The lowest BCUT2D eigenvalue weighted by molar-refractivity contribution is -0.0223. The van der Waals surface area contributed by atoms with Gasteiger partial charge >= 0.3 is 0 Å². The molecule has 3 heteroatoms. The average molecular weight is 190 g/mol. The summed E-state index contributed by atoms with van der Waals surface area (Å²) in [5.74, 6) is 0. The lowest BCUT2D eigenvalue weighted by Crippen LogP contribution is -2.33. The summed E-state index contributed by atoms with van der Waals surface area (Å²) >= 11 is 0. The van der Waals surface area contributed by atoms with Crippen LogP contribution >= 0.6 is 0 Å². The minimum absolute atomic E-state index is 0.133. The van der Waals surface area contributed by atoms with Crippen molar-refractivity contribution in [3.63, 3.8) is 0 Å². The zero-order chi connectivity index (χ0) is 9.76. The largest absolute Gasteiger partial charge is 0.380 e. The summed E-state index contributed by atoms with van der Waals surface area (Å²) in [6.45, 7) is 3.82. The van der Waals surface area contributed by atoms with Crippen molar-refractivity contribution in [3.05, 3.63) is 36.8 Å². The van der Waals surface area contributed by atoms with E-state index in [0.29, 0.717) is 6.42 Å². The molecule has 1 aromatic rings. The van der Waals surface area contributed by atoms with Crippen LogP contribution in [0.15, 0.2) is 24.3 Å². The van der Waals surface area contributed by atoms with E-state index in [0.717, 1.165) is 11.3 Å². The van der Waals surface area contributed by atoms with Gasteiger partial charge in [0.25, 0.3) is 0 Å². The molecule has 0 bridgehead atoms. The standard InChI is InChI=1S/C11H12NO2/c1-7-6-11(13)8-4-2-3-5-9(8)12-10(11)14-7/h2-5,7,10,12-13H,1,6H2. The van der Waals surface area contributed by atoms with Crippen molar-refractivity contribution >= 4 is 5.69 Å². The van der Waals surface area contributed by atoms with Crippen molar-refractivity contribution in [1.29, 1.82) is 0 Å². The Morgan fingerprint density at radius 1 is 1.50 bits per heavy atom. The molecule has 3 nitrogen and oxygen atoms in total. The Balaban J connectivity index is 2.11. The van der Waals surface area contributed by atoms with E-state index in [1.807, 2.05) is 24.3 Å². The van der Waals surface area contributed by atoms with Crippen molar-refractivity contribution in [2.75, 3.05) is 5.32 Å². The number of rotatable bonds is 0. The van der Waals surface area contributed by atoms with Crippen LogP contribution in [0.5, 0.6) is 0 Å². The number of hydrogen-bond acceptors (Lipinski definition) is 3. The Kier molecular flexibility index (Phi) is 1.47. The van der Waals surface area contributed by atoms with Crippen LogP contribution in [0.25, 0.3) is 0 Å². The number of fused-ring (bicyclic) bond motifs is 3. The van der Waals surface area contributed by atoms with Gasteiger partial charge in [0.15, 0.2) is 6.23 Å². The lowest BCUT2D eigenvalue weighted by atomic mass is 9.91. The van der Waals surface area contributed by atoms with E-state index in [2.05, 4.69) is 12.2 Å². The van der Waals surface area contributed by atoms with Gasteiger partial charge < -0.3 is 15.2 Å². The molecule has 14 heavy (non-hydrogen) atoms. The van der Waals surface area contributed by atoms with Crippen molar-refractivity contribution in [1.82, 2.24) is 0 Å². The summed E-state index contributed by atoms with van der Waals surface area (Å²) in [6, 6.07) is 7.76. The van der Waals surface area contributed by atoms with Crippen molar-refractivity contribution in [2.24, 2.45) is 0 Å². The van der Waals surface area contributed by atoms with E-state index in [-0.39, 0.29) is 12.3 Å². The van der Waals surface area contributed by atoms with Crippen LogP contribution in [-0.2, 0) is 10.3 Å². The summed E-state index contributed by atoms with van der Waals surface area (Å²) in [7, 11) is 0. The second kappa shape index (κ2) is 2.49. The first kappa shape index (κ1) is 8.26. The topological polar surface area (TPSA) is 41.5 Å². The van der Waals surface area contributed by atoms with Crippen LogP contribution < -0.4 is 5.32 Å². The molecule has 3 rings (SSSR count). The fraction of sp³-hybridized carbons (Fsp3) is 0.364. The molecule has 0 aromatic heterocycles. The Morgan fingerprint density at radius 3 is 3.14 bits per heavy atom. The summed E-state index contributed by atoms with van der Waals surface area (Å²) in [6.07, 6.45) is 0.0926. The first-order valence-electron chi connectivity index (χ1n) is 4.77. The Labute approximate surface area is 82.7 Å². The molecule has 2 N–H and O–H groups in total. The number of benzene rings is 1. The third-order valence-corrected chi connectivity index (χ3v) is 2.98. The van der Waals surface area contributed by atoms with Crippen LogP contribution in [0.2, 0.25) is 0 Å². The molecule has 73 valence electrons. The smallest absolute Gasteiger partial charge is 0.161 e. The predicted molar refractivity (Wildman–Crippen MR) is 52.6 cm³/mol. The Hall–Kier alpha value is -1.06. The van der Waals surface area contributed by atoms with Gasteiger partial charge in [-0.25, -0.2) is 0 Å². The molecule has 2 aliphatic rings. The SMILES string of the molecule is [CH2]C1CC2(O)c3ccccc3NC2O1. The third-order valence-electron chi connectivity index (χ3n) is 2.98. The molecule has 2 heterocycles. The second-order valence-electron chi connectivity index (χ2n) is 3.96. The Bertz CT molecular complexity index is 379. The maximum atomic E-state index is 10.4. The highest BCUT2D eigenvalue weighted by molar-refractivity contribution is 5.60. The minimum atomic E-state index is -0.886. The van der Waals surface area contributed by atoms with Crippen molar-refractivity contribution in [3.8, 4) is 0 Å². The van der Waals surface area contributed by atoms with E-state index >= 15 is 0 Å². The maximum Gasteiger partial charge on any atom is 0.161 e. The minimum Gasteiger partial charge on any atom is -0.380 e. The van der Waals surface area contributed by atoms with E-state index < -0.39 is 5.60 Å². The average Bonchev–Trinajstić information content (AvgIpc) is 2.55. The highest BCUT2D eigenvalue weighted by Crippen LogP contribution is 2.47. The third kappa shape index (κ3) is 0.885. The van der Waals surface area contributed by atoms with Crippen molar-refractivity contribution in [2.45, 2.75) is 24.4 Å². The van der Waals surface area contributed by atoms with Gasteiger partial charge in [0, 0.05) is 17.7 Å². The molecule has 0 spiro atoms. The van der Waals surface area contributed by atoms with Gasteiger partial charge in [-0.1, -0.05) is 18.2 Å². The van der Waals surface area contributed by atoms with Gasteiger partial charge in [-0.3, -0.25) is 0 Å². The molecule has 3 atom stereocenters. The van der Waals surface area contributed by atoms with Crippen LogP contribution in [0, 0.1) is 6.92 Å². The highest BCUT2D eigenvalue weighted by Gasteiger charge is 2.52. The fourth-order valence-electron chi connectivity index (χ4n) is 2.34. The summed E-state index contributed by atoms with van der Waals surface area (Å²) in [4.78, 5) is 0. The zero-order valence-corrected chi connectivity index (χ0v) is 7.73. The van der Waals surface area contributed by atoms with Crippen LogP contribution in [-0.4, -0.2) is 17.4 Å². The molecule has 1 radical (unpaired) electrons. The monoisotopic (exact) mass is 190 g/mol. The number of ether oxygens (including phenoxy) is 1. The quantitative estimate of drug-likeness (QED) is 0.647. The maximum absolute atomic E-state index is 10.4. The first-order chi connectivity index (χ1) is 6.70. The van der Waals surface area contributed by atoms with E-state index in [1.165, 1.54) is 0 Å². The normalized spacial score (nSPS) is 39.0. The number of para-hydroxylation sites is 1. The number of nitrogens with one attached hydrogen (secondary N) is 1. The zero-order valence-electron chi connectivity index (χ0n) is 7.73. The highest BCUT2D eigenvalue weighted by atomic mass is 16.5. The van der Waals surface area contributed by atoms with Gasteiger partial charge in [-0.05, 0) is 13.0 Å². The van der Waals surface area contributed by atoms with Gasteiger partial charge in [-0.2, -0.15) is 0 Å². The van der Waals surface area contributed by atoms with Crippen LogP contribution in [0.4, 0.5) is 5.69 Å². The summed E-state index contributed by atoms with van der Waals surface area (Å²) in [5, 5.41) is 13.6. The second-order valence-corrected chi connectivity index (χ2v) is 3.96. The van der Waals surface area contributed by atoms with E-state index in [1.54, 1.807) is 0 Å². The molecular weight excluding hydrogens is 178 g/mol. The molecule has 2 aliphatic heterocycles. The molecule has 1 fully saturated rings. The predicted octanol–water partition coefficient (Wildman–Crippen LogP) is 1.25. The Morgan fingerprint density at radius 2 is 2.29 bits per heavy atom. The molecule has 0 amide bonds. The number of aliphatic hydroxyl groups is 1. The molecule has 1 saturated heterocycles. The van der Waals surface area contributed by atoms with E-state index in [4.69, 9.17) is 4.74 Å². The molecule has 0 aliphatic carbocycles. The number of anilines is 1. The molecule has 1 aromatic carbocycles. The number of hydrogen-bond donors (Lipinski definition) is 2. The summed E-state index contributed by atoms with van der Waals surface area (Å²) < 4.78 is 5.50. The van der Waals surface area contributed by atoms with Gasteiger partial charge in [0.2, 0.25) is 0 Å². The fourth-order valence-corrected chi connectivity index (χ4v) is 2.34. The first-order valence-corrected chi connectivity index (χ1v) is 4.77. The van der Waals surface area contributed by atoms with Gasteiger partial charge in [0.1, 0.15) is 5.60 Å². The molecule has 0 saturated carbocycles. The molecular formula is C11H12NO2. The van der Waals surface area contributed by atoms with Crippen molar-refractivity contribution < 1.29 is 9.84 Å². The van der Waals surface area contributed by atoms with Crippen LogP contribution in [0.3, 0.4) is 0 Å². The lowest BCUT2D eigenvalue weighted by Gasteiger charge is -2.20. The van der Waals surface area contributed by atoms with E-state index in [9.17, 15) is 5.11 Å².